The van der Waals surface area contributed by atoms with Gasteiger partial charge in [0.05, 0.1) is 6.61 Å². The number of epoxide rings is 1. The second kappa shape index (κ2) is 3.38. The van der Waals surface area contributed by atoms with Crippen molar-refractivity contribution >= 4 is 0 Å². The van der Waals surface area contributed by atoms with Crippen LogP contribution in [-0.4, -0.2) is 19.3 Å². The Bertz CT molecular complexity index is 283. The summed E-state index contributed by atoms with van der Waals surface area (Å²) < 4.78 is 10.6. The number of aryl methyl sites for hydroxylation is 2. The van der Waals surface area contributed by atoms with Gasteiger partial charge in [-0.3, -0.25) is 0 Å². The molecule has 0 spiro atoms. The van der Waals surface area contributed by atoms with Crippen LogP contribution in [0.2, 0.25) is 0 Å². The third kappa shape index (κ3) is 2.46. The van der Waals surface area contributed by atoms with Crippen LogP contribution in [-0.2, 0) is 4.74 Å². The van der Waals surface area contributed by atoms with Crippen LogP contribution in [0.3, 0.4) is 0 Å². The van der Waals surface area contributed by atoms with E-state index >= 15 is 0 Å². The molecule has 0 N–H and O–H groups in total. The van der Waals surface area contributed by atoms with Gasteiger partial charge in [0.25, 0.3) is 0 Å². The fraction of sp³-hybridized carbons (Fsp3) is 0.455. The zero-order chi connectivity index (χ0) is 9.26. The van der Waals surface area contributed by atoms with Gasteiger partial charge in [-0.1, -0.05) is 6.07 Å². The van der Waals surface area contributed by atoms with Crippen LogP contribution in [0.4, 0.5) is 0 Å². The van der Waals surface area contributed by atoms with Crippen LogP contribution < -0.4 is 4.74 Å². The van der Waals surface area contributed by atoms with Gasteiger partial charge < -0.3 is 9.47 Å². The van der Waals surface area contributed by atoms with E-state index in [1.54, 1.807) is 0 Å². The average Bonchev–Trinajstić information content (AvgIpc) is 2.81. The molecule has 1 atom stereocenters. The SMILES string of the molecule is Cc1cc(C)cc(OC[C@H]2CO2)c1. The van der Waals surface area contributed by atoms with Gasteiger partial charge in [-0.15, -0.1) is 0 Å². The molecular formula is C11H14O2. The minimum atomic E-state index is 0.334. The van der Waals surface area contributed by atoms with E-state index in [1.165, 1.54) is 11.1 Å². The van der Waals surface area contributed by atoms with Crippen LogP contribution in [0.25, 0.3) is 0 Å². The molecule has 1 aromatic carbocycles. The van der Waals surface area contributed by atoms with Crippen LogP contribution in [0.5, 0.6) is 5.75 Å². The molecule has 0 radical (unpaired) electrons. The van der Waals surface area contributed by atoms with E-state index in [0.717, 1.165) is 12.4 Å². The lowest BCUT2D eigenvalue weighted by Gasteiger charge is -2.06. The van der Waals surface area contributed by atoms with E-state index < -0.39 is 0 Å². The summed E-state index contributed by atoms with van der Waals surface area (Å²) in [6.07, 6.45) is 0.334. The summed E-state index contributed by atoms with van der Waals surface area (Å²) in [5.41, 5.74) is 2.48. The summed E-state index contributed by atoms with van der Waals surface area (Å²) in [6, 6.07) is 6.24. The van der Waals surface area contributed by atoms with E-state index in [4.69, 9.17) is 9.47 Å². The Morgan fingerprint density at radius 1 is 1.31 bits per heavy atom. The minimum absolute atomic E-state index is 0.334. The Labute approximate surface area is 78.5 Å². The van der Waals surface area contributed by atoms with Crippen molar-refractivity contribution in [3.63, 3.8) is 0 Å². The molecule has 1 heterocycles. The molecule has 70 valence electrons. The van der Waals surface area contributed by atoms with Crippen molar-refractivity contribution in [1.82, 2.24) is 0 Å². The van der Waals surface area contributed by atoms with Gasteiger partial charge in [-0.05, 0) is 37.1 Å². The second-order valence-corrected chi connectivity index (χ2v) is 3.59. The molecular weight excluding hydrogens is 164 g/mol. The molecule has 2 nitrogen and oxygen atoms in total. The maximum absolute atomic E-state index is 5.57. The lowest BCUT2D eigenvalue weighted by Crippen LogP contribution is -2.04. The number of hydrogen-bond acceptors (Lipinski definition) is 2. The van der Waals surface area contributed by atoms with Crippen molar-refractivity contribution in [1.29, 1.82) is 0 Å². The summed E-state index contributed by atoms with van der Waals surface area (Å²) >= 11 is 0. The topological polar surface area (TPSA) is 21.8 Å². The molecule has 0 aliphatic carbocycles. The van der Waals surface area contributed by atoms with Crippen molar-refractivity contribution in [3.05, 3.63) is 29.3 Å². The van der Waals surface area contributed by atoms with Crippen molar-refractivity contribution in [2.24, 2.45) is 0 Å². The van der Waals surface area contributed by atoms with E-state index in [1.807, 2.05) is 0 Å². The predicted molar refractivity (Wildman–Crippen MR) is 51.2 cm³/mol. The van der Waals surface area contributed by atoms with Crippen molar-refractivity contribution in [3.8, 4) is 5.75 Å². The number of hydrogen-bond donors (Lipinski definition) is 0. The van der Waals surface area contributed by atoms with Gasteiger partial charge in [0, 0.05) is 0 Å². The highest BCUT2D eigenvalue weighted by Gasteiger charge is 2.22. The molecule has 0 saturated carbocycles. The first kappa shape index (κ1) is 8.57. The maximum Gasteiger partial charge on any atom is 0.119 e. The normalized spacial score (nSPS) is 20.0. The Balaban J connectivity index is 2.01. The summed E-state index contributed by atoms with van der Waals surface area (Å²) in [5, 5.41) is 0. The molecule has 1 saturated heterocycles. The molecule has 1 aromatic rings. The lowest BCUT2D eigenvalue weighted by molar-refractivity contribution is 0.263. The molecule has 0 bridgehead atoms. The fourth-order valence-corrected chi connectivity index (χ4v) is 1.37. The standard InChI is InChI=1S/C11H14O2/c1-8-3-9(2)5-10(4-8)12-6-11-7-13-11/h3-5,11H,6-7H2,1-2H3/t11-/m0/s1. The third-order valence-electron chi connectivity index (χ3n) is 2.03. The highest BCUT2D eigenvalue weighted by Crippen LogP contribution is 2.18. The fourth-order valence-electron chi connectivity index (χ4n) is 1.37. The zero-order valence-electron chi connectivity index (χ0n) is 8.04. The molecule has 13 heavy (non-hydrogen) atoms. The van der Waals surface area contributed by atoms with Gasteiger partial charge in [-0.2, -0.15) is 0 Å². The largest absolute Gasteiger partial charge is 0.491 e. The van der Waals surface area contributed by atoms with Crippen molar-refractivity contribution in [2.45, 2.75) is 20.0 Å². The first-order chi connectivity index (χ1) is 6.24. The Morgan fingerprint density at radius 3 is 2.46 bits per heavy atom. The number of ether oxygens (including phenoxy) is 2. The summed E-state index contributed by atoms with van der Waals surface area (Å²) in [7, 11) is 0. The summed E-state index contributed by atoms with van der Waals surface area (Å²) in [4.78, 5) is 0. The van der Waals surface area contributed by atoms with Crippen LogP contribution in [0.15, 0.2) is 18.2 Å². The van der Waals surface area contributed by atoms with Gasteiger partial charge >= 0.3 is 0 Å². The number of rotatable bonds is 3. The van der Waals surface area contributed by atoms with E-state index in [-0.39, 0.29) is 0 Å². The average molecular weight is 178 g/mol. The van der Waals surface area contributed by atoms with Crippen LogP contribution in [0.1, 0.15) is 11.1 Å². The molecule has 0 amide bonds. The first-order valence-corrected chi connectivity index (χ1v) is 4.57. The molecule has 2 heteroatoms. The molecule has 1 aliphatic heterocycles. The predicted octanol–water partition coefficient (Wildman–Crippen LogP) is 2.08. The molecule has 1 fully saturated rings. The van der Waals surface area contributed by atoms with E-state index in [0.29, 0.717) is 12.7 Å². The Hall–Kier alpha value is -1.02. The first-order valence-electron chi connectivity index (χ1n) is 4.57. The van der Waals surface area contributed by atoms with Crippen LogP contribution in [0, 0.1) is 13.8 Å². The van der Waals surface area contributed by atoms with Crippen molar-refractivity contribution in [2.75, 3.05) is 13.2 Å². The molecule has 0 aromatic heterocycles. The van der Waals surface area contributed by atoms with E-state index in [2.05, 4.69) is 32.0 Å². The quantitative estimate of drug-likeness (QED) is 0.661. The zero-order valence-corrected chi connectivity index (χ0v) is 8.04. The van der Waals surface area contributed by atoms with E-state index in [9.17, 15) is 0 Å². The van der Waals surface area contributed by atoms with Gasteiger partial charge in [0.2, 0.25) is 0 Å². The third-order valence-corrected chi connectivity index (χ3v) is 2.03. The molecule has 2 rings (SSSR count). The van der Waals surface area contributed by atoms with Gasteiger partial charge in [0.15, 0.2) is 0 Å². The maximum atomic E-state index is 5.57. The molecule has 1 aliphatic rings. The second-order valence-electron chi connectivity index (χ2n) is 3.59. The Kier molecular flexibility index (Phi) is 2.23. The minimum Gasteiger partial charge on any atom is -0.491 e. The highest BCUT2D eigenvalue weighted by molar-refractivity contribution is 5.33. The molecule has 0 unspecified atom stereocenters. The van der Waals surface area contributed by atoms with Crippen molar-refractivity contribution < 1.29 is 9.47 Å². The van der Waals surface area contributed by atoms with Crippen LogP contribution >= 0.6 is 0 Å². The smallest absolute Gasteiger partial charge is 0.119 e. The highest BCUT2D eigenvalue weighted by atomic mass is 16.6. The summed E-state index contributed by atoms with van der Waals surface area (Å²) in [5.74, 6) is 0.952. The number of benzene rings is 1. The lowest BCUT2D eigenvalue weighted by atomic mass is 10.1. The van der Waals surface area contributed by atoms with Gasteiger partial charge in [-0.25, -0.2) is 0 Å². The monoisotopic (exact) mass is 178 g/mol. The summed E-state index contributed by atoms with van der Waals surface area (Å²) in [6.45, 7) is 5.69. The van der Waals surface area contributed by atoms with Gasteiger partial charge in [0.1, 0.15) is 18.5 Å². The Morgan fingerprint density at radius 2 is 1.92 bits per heavy atom.